The van der Waals surface area contributed by atoms with Crippen LogP contribution in [0.5, 0.6) is 0 Å². The number of anilines is 2. The van der Waals surface area contributed by atoms with Crippen LogP contribution in [-0.4, -0.2) is 16.1 Å². The standard InChI is InChI=1S/C11H7BrF2N2O2S/c1-4-8(10(17)18)15-11(19-4)16-9-6(13)2-5(12)3-7(9)14/h2-3H,1H3,(H,15,16)(H,17,18). The van der Waals surface area contributed by atoms with Gasteiger partial charge in [0.15, 0.2) is 22.5 Å². The zero-order chi connectivity index (χ0) is 14.2. The predicted molar refractivity (Wildman–Crippen MR) is 71.2 cm³/mol. The molecule has 0 aliphatic carbocycles. The van der Waals surface area contributed by atoms with Gasteiger partial charge in [0.1, 0.15) is 5.69 Å². The zero-order valence-electron chi connectivity index (χ0n) is 9.50. The van der Waals surface area contributed by atoms with Crippen LogP contribution in [0.4, 0.5) is 19.6 Å². The van der Waals surface area contributed by atoms with Crippen molar-refractivity contribution in [2.24, 2.45) is 0 Å². The number of aromatic nitrogens is 1. The molecule has 0 aliphatic heterocycles. The van der Waals surface area contributed by atoms with Crippen LogP contribution < -0.4 is 5.32 Å². The summed E-state index contributed by atoms with van der Waals surface area (Å²) in [6, 6.07) is 2.20. The van der Waals surface area contributed by atoms with Crippen LogP contribution in [0.1, 0.15) is 15.4 Å². The van der Waals surface area contributed by atoms with E-state index in [1.165, 1.54) is 0 Å². The van der Waals surface area contributed by atoms with Crippen LogP contribution in [0.3, 0.4) is 0 Å². The second-order valence-corrected chi connectivity index (χ2v) is 5.72. The molecule has 2 N–H and O–H groups in total. The van der Waals surface area contributed by atoms with E-state index in [-0.39, 0.29) is 21.0 Å². The number of carbonyl (C=O) groups is 1. The predicted octanol–water partition coefficient (Wildman–Crippen LogP) is 3.93. The van der Waals surface area contributed by atoms with Gasteiger partial charge in [-0.1, -0.05) is 15.9 Å². The number of carboxylic acid groups (broad SMARTS) is 1. The summed E-state index contributed by atoms with van der Waals surface area (Å²) in [5.41, 5.74) is -0.501. The maximum absolute atomic E-state index is 13.6. The van der Waals surface area contributed by atoms with Crippen molar-refractivity contribution in [3.05, 3.63) is 38.8 Å². The minimum atomic E-state index is -1.18. The molecule has 0 saturated carbocycles. The van der Waals surface area contributed by atoms with Crippen LogP contribution >= 0.6 is 27.3 Å². The molecule has 2 aromatic rings. The van der Waals surface area contributed by atoms with Crippen molar-refractivity contribution in [1.82, 2.24) is 4.98 Å². The van der Waals surface area contributed by atoms with Crippen LogP contribution in [-0.2, 0) is 0 Å². The molecule has 8 heteroatoms. The Morgan fingerprint density at radius 3 is 2.47 bits per heavy atom. The largest absolute Gasteiger partial charge is 0.476 e. The Hall–Kier alpha value is -1.54. The fraction of sp³-hybridized carbons (Fsp3) is 0.0909. The number of hydrogen-bond donors (Lipinski definition) is 2. The summed E-state index contributed by atoms with van der Waals surface area (Å²) in [5.74, 6) is -2.77. The molecule has 0 unspecified atom stereocenters. The van der Waals surface area contributed by atoms with Crippen molar-refractivity contribution in [2.75, 3.05) is 5.32 Å². The lowest BCUT2D eigenvalue weighted by atomic mass is 10.3. The summed E-state index contributed by atoms with van der Waals surface area (Å²) in [6.07, 6.45) is 0. The number of aryl methyl sites for hydroxylation is 1. The maximum atomic E-state index is 13.6. The van der Waals surface area contributed by atoms with E-state index in [9.17, 15) is 13.6 Å². The van der Waals surface area contributed by atoms with Crippen molar-refractivity contribution in [1.29, 1.82) is 0 Å². The Balaban J connectivity index is 2.37. The number of aromatic carboxylic acids is 1. The van der Waals surface area contributed by atoms with E-state index in [0.29, 0.717) is 4.88 Å². The number of benzene rings is 1. The Morgan fingerprint density at radius 2 is 2.00 bits per heavy atom. The van der Waals surface area contributed by atoms with Crippen LogP contribution in [0.2, 0.25) is 0 Å². The normalized spacial score (nSPS) is 10.5. The van der Waals surface area contributed by atoms with Gasteiger partial charge in [-0.05, 0) is 19.1 Å². The van der Waals surface area contributed by atoms with Gasteiger partial charge in [0.25, 0.3) is 0 Å². The number of carboxylic acids is 1. The van der Waals surface area contributed by atoms with Crippen molar-refractivity contribution in [2.45, 2.75) is 6.92 Å². The molecule has 1 heterocycles. The first-order valence-electron chi connectivity index (χ1n) is 5.00. The van der Waals surface area contributed by atoms with E-state index >= 15 is 0 Å². The molecule has 0 fully saturated rings. The summed E-state index contributed by atoms with van der Waals surface area (Å²) in [6.45, 7) is 1.57. The average Bonchev–Trinajstić information content (AvgIpc) is 2.65. The highest BCUT2D eigenvalue weighted by atomic mass is 79.9. The van der Waals surface area contributed by atoms with Crippen molar-refractivity contribution >= 4 is 44.1 Å². The SMILES string of the molecule is Cc1sc(Nc2c(F)cc(Br)cc2F)nc1C(=O)O. The number of nitrogens with one attached hydrogen (secondary N) is 1. The minimum Gasteiger partial charge on any atom is -0.476 e. The third kappa shape index (κ3) is 2.90. The van der Waals surface area contributed by atoms with Crippen molar-refractivity contribution in [3.8, 4) is 0 Å². The molecule has 4 nitrogen and oxygen atoms in total. The number of hydrogen-bond acceptors (Lipinski definition) is 4. The molecule has 0 radical (unpaired) electrons. The van der Waals surface area contributed by atoms with Gasteiger partial charge in [-0.25, -0.2) is 18.6 Å². The first-order chi connectivity index (χ1) is 8.88. The summed E-state index contributed by atoms with van der Waals surface area (Å²) >= 11 is 3.98. The third-order valence-electron chi connectivity index (χ3n) is 2.24. The molecule has 0 atom stereocenters. The summed E-state index contributed by atoms with van der Waals surface area (Å²) in [7, 11) is 0. The minimum absolute atomic E-state index is 0.120. The summed E-state index contributed by atoms with van der Waals surface area (Å²) in [5, 5.41) is 11.4. The maximum Gasteiger partial charge on any atom is 0.355 e. The topological polar surface area (TPSA) is 62.2 Å². The molecular weight excluding hydrogens is 342 g/mol. The number of thiazole rings is 1. The van der Waals surface area contributed by atoms with Crippen molar-refractivity contribution in [3.63, 3.8) is 0 Å². The monoisotopic (exact) mass is 348 g/mol. The molecule has 0 bridgehead atoms. The van der Waals surface area contributed by atoms with Gasteiger partial charge in [-0.2, -0.15) is 0 Å². The molecule has 2 rings (SSSR count). The first kappa shape index (κ1) is 13.9. The Kier molecular flexibility index (Phi) is 3.81. The molecule has 0 spiro atoms. The van der Waals surface area contributed by atoms with E-state index in [2.05, 4.69) is 26.2 Å². The molecule has 1 aromatic carbocycles. The molecule has 0 saturated heterocycles. The molecule has 0 amide bonds. The molecule has 19 heavy (non-hydrogen) atoms. The van der Waals surface area contributed by atoms with E-state index in [1.807, 2.05) is 0 Å². The summed E-state index contributed by atoms with van der Waals surface area (Å²) in [4.78, 5) is 15.1. The Morgan fingerprint density at radius 1 is 1.42 bits per heavy atom. The van der Waals surface area contributed by atoms with Gasteiger partial charge in [-0.3, -0.25) is 0 Å². The number of halogens is 3. The van der Waals surface area contributed by atoms with Crippen LogP contribution in [0.25, 0.3) is 0 Å². The van der Waals surface area contributed by atoms with E-state index in [0.717, 1.165) is 23.5 Å². The number of rotatable bonds is 3. The van der Waals surface area contributed by atoms with E-state index in [1.54, 1.807) is 6.92 Å². The number of nitrogens with zero attached hydrogens (tertiary/aromatic N) is 1. The van der Waals surface area contributed by atoms with Crippen molar-refractivity contribution < 1.29 is 18.7 Å². The molecular formula is C11H7BrF2N2O2S. The molecule has 1 aromatic heterocycles. The lowest BCUT2D eigenvalue weighted by Crippen LogP contribution is -2.00. The fourth-order valence-electron chi connectivity index (χ4n) is 1.42. The van der Waals surface area contributed by atoms with Crippen LogP contribution in [0.15, 0.2) is 16.6 Å². The zero-order valence-corrected chi connectivity index (χ0v) is 11.9. The average molecular weight is 349 g/mol. The third-order valence-corrected chi connectivity index (χ3v) is 3.58. The van der Waals surface area contributed by atoms with Gasteiger partial charge in [0.05, 0.1) is 0 Å². The summed E-state index contributed by atoms with van der Waals surface area (Å²) < 4.78 is 27.5. The van der Waals surface area contributed by atoms with Gasteiger partial charge in [0, 0.05) is 9.35 Å². The lowest BCUT2D eigenvalue weighted by Gasteiger charge is -2.06. The van der Waals surface area contributed by atoms with Gasteiger partial charge < -0.3 is 10.4 Å². The Bertz CT molecular complexity index is 637. The highest BCUT2D eigenvalue weighted by Crippen LogP contribution is 2.30. The van der Waals surface area contributed by atoms with Gasteiger partial charge in [0.2, 0.25) is 0 Å². The molecule has 0 aliphatic rings. The molecule has 100 valence electrons. The van der Waals surface area contributed by atoms with E-state index in [4.69, 9.17) is 5.11 Å². The Labute approximate surface area is 119 Å². The van der Waals surface area contributed by atoms with E-state index < -0.39 is 17.6 Å². The second kappa shape index (κ2) is 5.22. The van der Waals surface area contributed by atoms with Gasteiger partial charge >= 0.3 is 5.97 Å². The second-order valence-electron chi connectivity index (χ2n) is 3.60. The van der Waals surface area contributed by atoms with Gasteiger partial charge in [-0.15, -0.1) is 11.3 Å². The lowest BCUT2D eigenvalue weighted by molar-refractivity contribution is 0.0690. The highest BCUT2D eigenvalue weighted by molar-refractivity contribution is 9.10. The first-order valence-corrected chi connectivity index (χ1v) is 6.61. The smallest absolute Gasteiger partial charge is 0.355 e. The van der Waals surface area contributed by atoms with Crippen LogP contribution in [0, 0.1) is 18.6 Å². The highest BCUT2D eigenvalue weighted by Gasteiger charge is 2.17. The fourth-order valence-corrected chi connectivity index (χ4v) is 2.63. The quantitative estimate of drug-likeness (QED) is 0.881.